The highest BCUT2D eigenvalue weighted by atomic mass is 15.2. The molecule has 0 saturated carbocycles. The molecule has 0 spiro atoms. The lowest BCUT2D eigenvalue weighted by atomic mass is 10.0. The summed E-state index contributed by atoms with van der Waals surface area (Å²) in [6.45, 7) is 16.1. The van der Waals surface area contributed by atoms with Gasteiger partial charge >= 0.3 is 0 Å². The van der Waals surface area contributed by atoms with Crippen molar-refractivity contribution in [2.45, 2.75) is 52.5 Å². The number of piperidine rings is 1. The number of likely N-dealkylation sites (tertiary alicyclic amines) is 1. The van der Waals surface area contributed by atoms with Gasteiger partial charge in [0, 0.05) is 6.04 Å². The molecule has 2 heteroatoms. The van der Waals surface area contributed by atoms with Crippen molar-refractivity contribution in [1.29, 1.82) is 0 Å². The van der Waals surface area contributed by atoms with Crippen molar-refractivity contribution >= 4 is 0 Å². The summed E-state index contributed by atoms with van der Waals surface area (Å²) in [4.78, 5) is 4.99. The first-order chi connectivity index (χ1) is 8.24. The van der Waals surface area contributed by atoms with Gasteiger partial charge < -0.3 is 9.80 Å². The molecule has 0 bridgehead atoms. The first-order valence-electron chi connectivity index (χ1n) is 7.12. The van der Waals surface area contributed by atoms with E-state index < -0.39 is 0 Å². The van der Waals surface area contributed by atoms with E-state index in [1.807, 2.05) is 13.8 Å². The van der Waals surface area contributed by atoms with Gasteiger partial charge in [0.15, 0.2) is 0 Å². The Kier molecular flexibility index (Phi) is 15.3. The van der Waals surface area contributed by atoms with Crippen LogP contribution in [0, 0.1) is 0 Å². The van der Waals surface area contributed by atoms with E-state index >= 15 is 0 Å². The van der Waals surface area contributed by atoms with Crippen LogP contribution in [0.15, 0.2) is 13.2 Å². The first kappa shape index (κ1) is 19.0. The van der Waals surface area contributed by atoms with Crippen LogP contribution in [0.25, 0.3) is 0 Å². The van der Waals surface area contributed by atoms with E-state index in [0.717, 1.165) is 6.04 Å². The van der Waals surface area contributed by atoms with E-state index in [1.54, 1.807) is 0 Å². The molecule has 17 heavy (non-hydrogen) atoms. The molecule has 1 heterocycles. The smallest absolute Gasteiger partial charge is 0.0117 e. The SMILES string of the molecule is C=C.CC.CCCCN(C)C1CCN(C)CC1. The van der Waals surface area contributed by atoms with E-state index in [2.05, 4.69) is 44.0 Å². The second kappa shape index (κ2) is 13.7. The Bertz CT molecular complexity index is 140. The fourth-order valence-electron chi connectivity index (χ4n) is 2.03. The molecule has 1 fully saturated rings. The van der Waals surface area contributed by atoms with Gasteiger partial charge in [0.05, 0.1) is 0 Å². The quantitative estimate of drug-likeness (QED) is 0.695. The molecule has 0 amide bonds. The lowest BCUT2D eigenvalue weighted by Crippen LogP contribution is -2.42. The Morgan fingerprint density at radius 1 is 1.18 bits per heavy atom. The van der Waals surface area contributed by atoms with Crippen LogP contribution in [-0.2, 0) is 0 Å². The molecular formula is C15H34N2. The Morgan fingerprint density at radius 2 is 1.65 bits per heavy atom. The molecule has 0 aromatic carbocycles. The van der Waals surface area contributed by atoms with E-state index in [4.69, 9.17) is 0 Å². The van der Waals surface area contributed by atoms with Gasteiger partial charge in [0.1, 0.15) is 0 Å². The van der Waals surface area contributed by atoms with Crippen molar-refractivity contribution in [2.75, 3.05) is 33.7 Å². The fourth-order valence-corrected chi connectivity index (χ4v) is 2.03. The average molecular weight is 242 g/mol. The molecule has 0 radical (unpaired) electrons. The number of rotatable bonds is 4. The van der Waals surface area contributed by atoms with Crippen LogP contribution in [0.1, 0.15) is 46.5 Å². The van der Waals surface area contributed by atoms with E-state index in [-0.39, 0.29) is 0 Å². The van der Waals surface area contributed by atoms with Crippen molar-refractivity contribution in [2.24, 2.45) is 0 Å². The zero-order valence-electron chi connectivity index (χ0n) is 12.8. The molecule has 1 aliphatic heterocycles. The average Bonchev–Trinajstić information content (AvgIpc) is 2.41. The highest BCUT2D eigenvalue weighted by molar-refractivity contribution is 4.76. The second-order valence-corrected chi connectivity index (χ2v) is 4.37. The highest BCUT2D eigenvalue weighted by Crippen LogP contribution is 2.14. The highest BCUT2D eigenvalue weighted by Gasteiger charge is 2.19. The summed E-state index contributed by atoms with van der Waals surface area (Å²) in [5.41, 5.74) is 0. The minimum absolute atomic E-state index is 0.850. The Balaban J connectivity index is 0. The Hall–Kier alpha value is -0.340. The summed E-state index contributed by atoms with van der Waals surface area (Å²) in [5, 5.41) is 0. The Morgan fingerprint density at radius 3 is 2.06 bits per heavy atom. The van der Waals surface area contributed by atoms with Gasteiger partial charge in [-0.2, -0.15) is 0 Å². The topological polar surface area (TPSA) is 6.48 Å². The zero-order valence-corrected chi connectivity index (χ0v) is 12.8. The zero-order chi connectivity index (χ0) is 13.7. The molecule has 104 valence electrons. The van der Waals surface area contributed by atoms with Gasteiger partial charge in [-0.05, 0) is 53.0 Å². The molecule has 0 aromatic heterocycles. The molecule has 1 saturated heterocycles. The van der Waals surface area contributed by atoms with Crippen molar-refractivity contribution in [3.63, 3.8) is 0 Å². The van der Waals surface area contributed by atoms with Gasteiger partial charge in [-0.3, -0.25) is 0 Å². The monoisotopic (exact) mass is 242 g/mol. The maximum absolute atomic E-state index is 3.00. The number of unbranched alkanes of at least 4 members (excludes halogenated alkanes) is 1. The van der Waals surface area contributed by atoms with E-state index in [0.29, 0.717) is 0 Å². The third-order valence-corrected chi connectivity index (χ3v) is 3.18. The third kappa shape index (κ3) is 9.37. The molecule has 0 unspecified atom stereocenters. The summed E-state index contributed by atoms with van der Waals surface area (Å²) in [7, 11) is 4.51. The summed E-state index contributed by atoms with van der Waals surface area (Å²) >= 11 is 0. The summed E-state index contributed by atoms with van der Waals surface area (Å²) in [5.74, 6) is 0. The molecule has 0 aliphatic carbocycles. The van der Waals surface area contributed by atoms with Gasteiger partial charge in [-0.1, -0.05) is 27.2 Å². The molecule has 2 nitrogen and oxygen atoms in total. The molecule has 0 atom stereocenters. The molecule has 1 aliphatic rings. The maximum Gasteiger partial charge on any atom is 0.0117 e. The van der Waals surface area contributed by atoms with Crippen LogP contribution in [0.3, 0.4) is 0 Å². The lowest BCUT2D eigenvalue weighted by molar-refractivity contribution is 0.143. The van der Waals surface area contributed by atoms with Crippen LogP contribution in [0.2, 0.25) is 0 Å². The normalized spacial score (nSPS) is 16.8. The third-order valence-electron chi connectivity index (χ3n) is 3.18. The lowest BCUT2D eigenvalue weighted by Gasteiger charge is -2.35. The number of hydrogen-bond donors (Lipinski definition) is 0. The van der Waals surface area contributed by atoms with Crippen molar-refractivity contribution < 1.29 is 0 Å². The van der Waals surface area contributed by atoms with Gasteiger partial charge in [-0.25, -0.2) is 0 Å². The Labute approximate surface area is 110 Å². The number of hydrogen-bond acceptors (Lipinski definition) is 2. The number of nitrogens with zero attached hydrogens (tertiary/aromatic N) is 2. The van der Waals surface area contributed by atoms with Crippen LogP contribution in [0.4, 0.5) is 0 Å². The molecule has 1 rings (SSSR count). The summed E-state index contributed by atoms with van der Waals surface area (Å²) in [6, 6.07) is 0.850. The molecule has 0 aromatic rings. The standard InChI is InChI=1S/C11H24N2.C2H6.C2H4/c1-4-5-8-13(3)11-6-9-12(2)10-7-11;2*1-2/h11H,4-10H2,1-3H3;1-2H3;1-2H2. The predicted octanol–water partition coefficient (Wildman–Crippen LogP) is 3.64. The molecule has 0 N–H and O–H groups in total. The van der Waals surface area contributed by atoms with Gasteiger partial charge in [0.2, 0.25) is 0 Å². The van der Waals surface area contributed by atoms with Crippen LogP contribution in [0.5, 0.6) is 0 Å². The molecular weight excluding hydrogens is 208 g/mol. The minimum Gasteiger partial charge on any atom is -0.306 e. The minimum atomic E-state index is 0.850. The van der Waals surface area contributed by atoms with Crippen LogP contribution >= 0.6 is 0 Å². The van der Waals surface area contributed by atoms with E-state index in [1.165, 1.54) is 45.3 Å². The van der Waals surface area contributed by atoms with E-state index in [9.17, 15) is 0 Å². The summed E-state index contributed by atoms with van der Waals surface area (Å²) < 4.78 is 0. The van der Waals surface area contributed by atoms with Crippen molar-refractivity contribution in [3.8, 4) is 0 Å². The predicted molar refractivity (Wildman–Crippen MR) is 80.7 cm³/mol. The van der Waals surface area contributed by atoms with Crippen molar-refractivity contribution in [1.82, 2.24) is 9.80 Å². The second-order valence-electron chi connectivity index (χ2n) is 4.37. The summed E-state index contributed by atoms with van der Waals surface area (Å²) in [6.07, 6.45) is 5.38. The fraction of sp³-hybridized carbons (Fsp3) is 0.867. The van der Waals surface area contributed by atoms with Crippen molar-refractivity contribution in [3.05, 3.63) is 13.2 Å². The largest absolute Gasteiger partial charge is 0.306 e. The maximum atomic E-state index is 3.00. The van der Waals surface area contributed by atoms with Crippen LogP contribution in [-0.4, -0.2) is 49.6 Å². The van der Waals surface area contributed by atoms with Crippen LogP contribution < -0.4 is 0 Å². The van der Waals surface area contributed by atoms with Gasteiger partial charge in [0.25, 0.3) is 0 Å². The van der Waals surface area contributed by atoms with Gasteiger partial charge in [-0.15, -0.1) is 13.2 Å². The first-order valence-corrected chi connectivity index (χ1v) is 7.12.